The Balaban J connectivity index is 1.85. The maximum Gasteiger partial charge on any atom is 0.0302 e. The average Bonchev–Trinajstić information content (AvgIpc) is 2.70. The fourth-order valence-electron chi connectivity index (χ4n) is 2.27. The summed E-state index contributed by atoms with van der Waals surface area (Å²) in [6.07, 6.45) is 1.09. The summed E-state index contributed by atoms with van der Waals surface area (Å²) >= 11 is 1.89. The zero-order valence-electron chi connectivity index (χ0n) is 11.4. The first-order chi connectivity index (χ1) is 8.66. The summed E-state index contributed by atoms with van der Waals surface area (Å²) in [6.45, 7) is 7.67. The summed E-state index contributed by atoms with van der Waals surface area (Å²) in [5, 5.41) is 3.61. The van der Waals surface area contributed by atoms with E-state index in [4.69, 9.17) is 0 Å². The summed E-state index contributed by atoms with van der Waals surface area (Å²) in [6, 6.07) is 13.4. The molecular weight excluding hydrogens is 238 g/mol. The van der Waals surface area contributed by atoms with Crippen LogP contribution < -0.4 is 5.32 Å². The van der Waals surface area contributed by atoms with E-state index < -0.39 is 0 Å². The van der Waals surface area contributed by atoms with Crippen molar-refractivity contribution in [3.05, 3.63) is 57.3 Å². The molecular formula is C16H21NS. The highest BCUT2D eigenvalue weighted by Gasteiger charge is 2.10. The lowest BCUT2D eigenvalue weighted by molar-refractivity contribution is 0.576. The first-order valence-corrected chi connectivity index (χ1v) is 7.32. The van der Waals surface area contributed by atoms with Crippen molar-refractivity contribution in [2.24, 2.45) is 0 Å². The molecule has 0 aliphatic heterocycles. The third kappa shape index (κ3) is 3.44. The Morgan fingerprint density at radius 2 is 1.89 bits per heavy atom. The smallest absolute Gasteiger partial charge is 0.0302 e. The third-order valence-electron chi connectivity index (χ3n) is 3.25. The van der Waals surface area contributed by atoms with Crippen LogP contribution in [0.5, 0.6) is 0 Å². The molecule has 2 heteroatoms. The number of benzene rings is 1. The first-order valence-electron chi connectivity index (χ1n) is 6.51. The van der Waals surface area contributed by atoms with Gasteiger partial charge in [0.1, 0.15) is 0 Å². The molecule has 2 rings (SSSR count). The minimum absolute atomic E-state index is 0.443. The molecule has 0 fully saturated rings. The van der Waals surface area contributed by atoms with Crippen molar-refractivity contribution in [3.63, 3.8) is 0 Å². The van der Waals surface area contributed by atoms with Crippen LogP contribution in [0.15, 0.2) is 36.4 Å². The van der Waals surface area contributed by atoms with Gasteiger partial charge in [-0.25, -0.2) is 0 Å². The van der Waals surface area contributed by atoms with Crippen LogP contribution in [-0.2, 0) is 6.42 Å². The molecule has 0 spiro atoms. The summed E-state index contributed by atoms with van der Waals surface area (Å²) in [5.74, 6) is 0. The van der Waals surface area contributed by atoms with Crippen LogP contribution in [0, 0.1) is 13.8 Å². The predicted octanol–water partition coefficient (Wildman–Crippen LogP) is 4.26. The second kappa shape index (κ2) is 6.17. The highest BCUT2D eigenvalue weighted by Crippen LogP contribution is 2.25. The molecule has 18 heavy (non-hydrogen) atoms. The van der Waals surface area contributed by atoms with Crippen molar-refractivity contribution in [2.75, 3.05) is 6.54 Å². The van der Waals surface area contributed by atoms with Gasteiger partial charge in [-0.1, -0.05) is 30.3 Å². The third-order valence-corrected chi connectivity index (χ3v) is 4.23. The van der Waals surface area contributed by atoms with Gasteiger partial charge >= 0.3 is 0 Å². The molecule has 0 bridgehead atoms. The van der Waals surface area contributed by atoms with Gasteiger partial charge in [0.05, 0.1) is 0 Å². The molecule has 0 amide bonds. The van der Waals surface area contributed by atoms with Gasteiger partial charge < -0.3 is 5.32 Å². The molecule has 1 unspecified atom stereocenters. The van der Waals surface area contributed by atoms with Gasteiger partial charge in [-0.05, 0) is 50.9 Å². The minimum Gasteiger partial charge on any atom is -0.310 e. The number of nitrogens with one attached hydrogen (secondary N) is 1. The van der Waals surface area contributed by atoms with Crippen molar-refractivity contribution in [1.29, 1.82) is 0 Å². The van der Waals surface area contributed by atoms with Gasteiger partial charge in [0.2, 0.25) is 0 Å². The molecule has 1 aromatic carbocycles. The van der Waals surface area contributed by atoms with Gasteiger partial charge in [-0.3, -0.25) is 0 Å². The molecule has 96 valence electrons. The van der Waals surface area contributed by atoms with E-state index in [9.17, 15) is 0 Å². The topological polar surface area (TPSA) is 12.0 Å². The highest BCUT2D eigenvalue weighted by molar-refractivity contribution is 7.12. The lowest BCUT2D eigenvalue weighted by Crippen LogP contribution is -2.21. The van der Waals surface area contributed by atoms with Gasteiger partial charge in [-0.15, -0.1) is 11.3 Å². The van der Waals surface area contributed by atoms with E-state index in [0.717, 1.165) is 13.0 Å². The summed E-state index contributed by atoms with van der Waals surface area (Å²) in [4.78, 5) is 2.84. The predicted molar refractivity (Wildman–Crippen MR) is 80.4 cm³/mol. The molecule has 0 saturated carbocycles. The fraction of sp³-hybridized carbons (Fsp3) is 0.375. The van der Waals surface area contributed by atoms with Crippen LogP contribution in [0.2, 0.25) is 0 Å². The normalized spacial score (nSPS) is 12.6. The van der Waals surface area contributed by atoms with Crippen LogP contribution in [0.4, 0.5) is 0 Å². The maximum atomic E-state index is 3.61. The van der Waals surface area contributed by atoms with E-state index in [2.05, 4.69) is 62.5 Å². The standard InChI is InChI=1S/C16H21NS/c1-12-11-16(14(3)18-12)13(2)17-10-9-15-7-5-4-6-8-15/h4-8,11,13,17H,9-10H2,1-3H3. The zero-order valence-corrected chi connectivity index (χ0v) is 12.2. The molecule has 1 N–H and O–H groups in total. The minimum atomic E-state index is 0.443. The average molecular weight is 259 g/mol. The van der Waals surface area contributed by atoms with Crippen LogP contribution in [0.25, 0.3) is 0 Å². The van der Waals surface area contributed by atoms with Crippen molar-refractivity contribution >= 4 is 11.3 Å². The van der Waals surface area contributed by atoms with Crippen molar-refractivity contribution < 1.29 is 0 Å². The van der Waals surface area contributed by atoms with Crippen LogP contribution in [0.3, 0.4) is 0 Å². The molecule has 0 radical (unpaired) electrons. The number of hydrogen-bond acceptors (Lipinski definition) is 2. The second-order valence-electron chi connectivity index (χ2n) is 4.78. The largest absolute Gasteiger partial charge is 0.310 e. The van der Waals surface area contributed by atoms with Crippen molar-refractivity contribution in [2.45, 2.75) is 33.2 Å². The Kier molecular flexibility index (Phi) is 4.56. The summed E-state index contributed by atoms with van der Waals surface area (Å²) in [7, 11) is 0. The summed E-state index contributed by atoms with van der Waals surface area (Å²) in [5.41, 5.74) is 2.85. The molecule has 0 aliphatic rings. The van der Waals surface area contributed by atoms with E-state index in [-0.39, 0.29) is 0 Å². The van der Waals surface area contributed by atoms with Gasteiger partial charge in [-0.2, -0.15) is 0 Å². The van der Waals surface area contributed by atoms with E-state index in [1.54, 1.807) is 0 Å². The lowest BCUT2D eigenvalue weighted by atomic mass is 10.1. The molecule has 0 saturated heterocycles. The van der Waals surface area contributed by atoms with Gasteiger partial charge in [0.15, 0.2) is 0 Å². The highest BCUT2D eigenvalue weighted by atomic mass is 32.1. The second-order valence-corrected chi connectivity index (χ2v) is 6.24. The monoisotopic (exact) mass is 259 g/mol. The first kappa shape index (κ1) is 13.3. The van der Waals surface area contributed by atoms with Crippen molar-refractivity contribution in [1.82, 2.24) is 5.32 Å². The number of aryl methyl sites for hydroxylation is 2. The van der Waals surface area contributed by atoms with E-state index in [1.165, 1.54) is 20.9 Å². The molecule has 2 aromatic rings. The van der Waals surface area contributed by atoms with E-state index in [1.807, 2.05) is 11.3 Å². The zero-order chi connectivity index (χ0) is 13.0. The van der Waals surface area contributed by atoms with Crippen LogP contribution in [0.1, 0.15) is 33.8 Å². The van der Waals surface area contributed by atoms with Crippen LogP contribution in [-0.4, -0.2) is 6.54 Å². The molecule has 0 aliphatic carbocycles. The van der Waals surface area contributed by atoms with E-state index >= 15 is 0 Å². The Hall–Kier alpha value is -1.12. The maximum absolute atomic E-state index is 3.61. The molecule has 1 heterocycles. The van der Waals surface area contributed by atoms with Crippen molar-refractivity contribution in [3.8, 4) is 0 Å². The Labute approximate surface area is 114 Å². The van der Waals surface area contributed by atoms with Gasteiger partial charge in [0.25, 0.3) is 0 Å². The lowest BCUT2D eigenvalue weighted by Gasteiger charge is -2.13. The quantitative estimate of drug-likeness (QED) is 0.846. The molecule has 1 atom stereocenters. The SMILES string of the molecule is Cc1cc(C(C)NCCc2ccccc2)c(C)s1. The number of rotatable bonds is 5. The Bertz CT molecular complexity index is 487. The fourth-order valence-corrected chi connectivity index (χ4v) is 3.29. The Morgan fingerprint density at radius 1 is 1.17 bits per heavy atom. The van der Waals surface area contributed by atoms with Gasteiger partial charge in [0, 0.05) is 15.8 Å². The number of hydrogen-bond donors (Lipinski definition) is 1. The van der Waals surface area contributed by atoms with Crippen LogP contribution >= 0.6 is 11.3 Å². The molecule has 1 aromatic heterocycles. The van der Waals surface area contributed by atoms with E-state index in [0.29, 0.717) is 6.04 Å². The summed E-state index contributed by atoms with van der Waals surface area (Å²) < 4.78 is 0. The number of thiophene rings is 1. The Morgan fingerprint density at radius 3 is 2.50 bits per heavy atom. The molecule has 1 nitrogen and oxygen atoms in total.